The number of benzene rings is 1. The van der Waals surface area contributed by atoms with Gasteiger partial charge in [-0.15, -0.1) is 5.10 Å². The molecule has 1 saturated heterocycles. The molecule has 0 saturated carbocycles. The highest BCUT2D eigenvalue weighted by Crippen LogP contribution is 2.23. The topological polar surface area (TPSA) is 87.5 Å². The van der Waals surface area contributed by atoms with Gasteiger partial charge in [0.25, 0.3) is 5.91 Å². The number of aromatic nitrogens is 4. The number of imidazole rings is 1. The van der Waals surface area contributed by atoms with Crippen molar-refractivity contribution in [1.82, 2.24) is 24.9 Å². The number of fused-ring (bicyclic) bond motifs is 1. The van der Waals surface area contributed by atoms with E-state index >= 15 is 0 Å². The van der Waals surface area contributed by atoms with Crippen LogP contribution in [0, 0.1) is 0 Å². The average molecular weight is 365 g/mol. The van der Waals surface area contributed by atoms with Crippen molar-refractivity contribution < 1.29 is 4.79 Å². The van der Waals surface area contributed by atoms with Crippen LogP contribution >= 0.6 is 0 Å². The predicted molar refractivity (Wildman–Crippen MR) is 105 cm³/mol. The molecular formula is C19H23N7O. The minimum atomic E-state index is -0.0749. The van der Waals surface area contributed by atoms with Gasteiger partial charge in [0.2, 0.25) is 5.95 Å². The number of carbonyl (C=O) groups excluding carboxylic acids is 1. The molecule has 2 N–H and O–H groups in total. The Balaban J connectivity index is 1.61. The molecule has 8 heteroatoms. The summed E-state index contributed by atoms with van der Waals surface area (Å²) in [6, 6.07) is 7.32. The molecule has 8 nitrogen and oxygen atoms in total. The van der Waals surface area contributed by atoms with Crippen LogP contribution in [-0.2, 0) is 0 Å². The molecule has 1 amide bonds. The van der Waals surface area contributed by atoms with Crippen LogP contribution in [0.5, 0.6) is 0 Å². The van der Waals surface area contributed by atoms with Crippen LogP contribution in [0.3, 0.4) is 0 Å². The molecule has 0 unspecified atom stereocenters. The third kappa shape index (κ3) is 3.69. The van der Waals surface area contributed by atoms with Crippen LogP contribution < -0.4 is 15.5 Å². The number of nitrogens with one attached hydrogen (secondary N) is 2. The maximum Gasteiger partial charge on any atom is 0.251 e. The van der Waals surface area contributed by atoms with Gasteiger partial charge in [-0.3, -0.25) is 4.79 Å². The van der Waals surface area contributed by atoms with E-state index in [0.29, 0.717) is 29.5 Å². The van der Waals surface area contributed by atoms with E-state index < -0.39 is 0 Å². The van der Waals surface area contributed by atoms with Gasteiger partial charge in [0.05, 0.1) is 0 Å². The first-order valence-corrected chi connectivity index (χ1v) is 9.36. The molecule has 1 aliphatic heterocycles. The quantitative estimate of drug-likeness (QED) is 0.723. The van der Waals surface area contributed by atoms with E-state index in [4.69, 9.17) is 4.98 Å². The lowest BCUT2D eigenvalue weighted by atomic mass is 10.1. The summed E-state index contributed by atoms with van der Waals surface area (Å²) >= 11 is 0. The van der Waals surface area contributed by atoms with Crippen LogP contribution in [0.1, 0.15) is 36.5 Å². The number of nitrogens with zero attached hydrogens (tertiary/aromatic N) is 5. The highest BCUT2D eigenvalue weighted by molar-refractivity contribution is 5.94. The first-order chi connectivity index (χ1) is 13.2. The summed E-state index contributed by atoms with van der Waals surface area (Å²) in [5.74, 6) is 1.29. The van der Waals surface area contributed by atoms with Gasteiger partial charge >= 0.3 is 0 Å². The maximum atomic E-state index is 11.9. The second kappa shape index (κ2) is 7.61. The SMILES string of the molecule is CCNC(=O)c1ccc(Nc2nc(N3CCCCC3)nn3ccnc23)cc1. The number of hydrogen-bond acceptors (Lipinski definition) is 6. The van der Waals surface area contributed by atoms with Crippen LogP contribution in [0.15, 0.2) is 36.7 Å². The molecule has 0 atom stereocenters. The number of anilines is 3. The van der Waals surface area contributed by atoms with Crippen molar-refractivity contribution >= 4 is 29.0 Å². The van der Waals surface area contributed by atoms with Crippen molar-refractivity contribution in [2.24, 2.45) is 0 Å². The van der Waals surface area contributed by atoms with Crippen LogP contribution in [0.2, 0.25) is 0 Å². The summed E-state index contributed by atoms with van der Waals surface area (Å²) in [5.41, 5.74) is 2.14. The van der Waals surface area contributed by atoms with E-state index in [1.165, 1.54) is 6.42 Å². The Morgan fingerprint density at radius 1 is 1.15 bits per heavy atom. The Kier molecular flexibility index (Phi) is 4.86. The molecule has 0 radical (unpaired) electrons. The Bertz CT molecular complexity index is 929. The highest BCUT2D eigenvalue weighted by Gasteiger charge is 2.17. The highest BCUT2D eigenvalue weighted by atomic mass is 16.1. The van der Waals surface area contributed by atoms with E-state index in [9.17, 15) is 4.79 Å². The lowest BCUT2D eigenvalue weighted by Gasteiger charge is -2.26. The lowest BCUT2D eigenvalue weighted by Crippen LogP contribution is -2.31. The fourth-order valence-corrected chi connectivity index (χ4v) is 3.23. The van der Waals surface area contributed by atoms with E-state index in [2.05, 4.69) is 25.6 Å². The third-order valence-corrected chi connectivity index (χ3v) is 4.63. The Morgan fingerprint density at radius 3 is 2.67 bits per heavy atom. The van der Waals surface area contributed by atoms with Gasteiger partial charge < -0.3 is 15.5 Å². The van der Waals surface area contributed by atoms with Gasteiger partial charge in [0.15, 0.2) is 11.5 Å². The fraction of sp³-hybridized carbons (Fsp3) is 0.368. The van der Waals surface area contributed by atoms with Gasteiger partial charge in [-0.2, -0.15) is 4.98 Å². The Morgan fingerprint density at radius 2 is 1.93 bits per heavy atom. The van der Waals surface area contributed by atoms with Crippen LogP contribution in [0.4, 0.5) is 17.5 Å². The summed E-state index contributed by atoms with van der Waals surface area (Å²) in [6.07, 6.45) is 7.12. The second-order valence-corrected chi connectivity index (χ2v) is 6.57. The molecule has 0 aliphatic carbocycles. The number of piperidine rings is 1. The van der Waals surface area contributed by atoms with Gasteiger partial charge in [-0.05, 0) is 50.5 Å². The molecule has 4 rings (SSSR count). The monoisotopic (exact) mass is 365 g/mol. The van der Waals surface area contributed by atoms with Crippen LogP contribution in [-0.4, -0.2) is 45.1 Å². The van der Waals surface area contributed by atoms with Crippen molar-refractivity contribution in [3.8, 4) is 0 Å². The Hall–Kier alpha value is -3.16. The maximum absolute atomic E-state index is 11.9. The standard InChI is InChI=1S/C19H23N7O/c1-2-20-18(27)14-6-8-15(9-7-14)22-16-17-21-10-13-26(17)24-19(23-16)25-11-4-3-5-12-25/h6-10,13H,2-5,11-12H2,1H3,(H,20,27)(H,22,23,24). The van der Waals surface area contributed by atoms with Crippen LogP contribution in [0.25, 0.3) is 5.65 Å². The zero-order valence-corrected chi connectivity index (χ0v) is 15.4. The molecule has 3 heterocycles. The van der Waals surface area contributed by atoms with E-state index in [0.717, 1.165) is 31.6 Å². The zero-order valence-electron chi connectivity index (χ0n) is 15.4. The summed E-state index contributed by atoms with van der Waals surface area (Å²) in [7, 11) is 0. The predicted octanol–water partition coefficient (Wildman–Crippen LogP) is 2.61. The minimum absolute atomic E-state index is 0.0749. The largest absolute Gasteiger partial charge is 0.352 e. The Labute approximate surface area is 157 Å². The normalized spacial score (nSPS) is 14.3. The third-order valence-electron chi connectivity index (χ3n) is 4.63. The second-order valence-electron chi connectivity index (χ2n) is 6.57. The summed E-state index contributed by atoms with van der Waals surface area (Å²) < 4.78 is 1.75. The van der Waals surface area contributed by atoms with Crippen molar-refractivity contribution in [2.75, 3.05) is 29.9 Å². The molecule has 0 spiro atoms. The first-order valence-electron chi connectivity index (χ1n) is 9.36. The van der Waals surface area contributed by atoms with Crippen molar-refractivity contribution in [2.45, 2.75) is 26.2 Å². The number of hydrogen-bond donors (Lipinski definition) is 2. The smallest absolute Gasteiger partial charge is 0.251 e. The molecule has 1 aromatic carbocycles. The van der Waals surface area contributed by atoms with E-state index in [-0.39, 0.29) is 5.91 Å². The van der Waals surface area contributed by atoms with E-state index in [1.54, 1.807) is 22.8 Å². The molecule has 3 aromatic rings. The molecule has 1 fully saturated rings. The molecule has 0 bridgehead atoms. The molecule has 1 aliphatic rings. The van der Waals surface area contributed by atoms with Gasteiger partial charge in [0.1, 0.15) is 0 Å². The average Bonchev–Trinajstić information content (AvgIpc) is 3.18. The van der Waals surface area contributed by atoms with E-state index in [1.807, 2.05) is 25.3 Å². The van der Waals surface area contributed by atoms with Gasteiger partial charge in [-0.1, -0.05) is 0 Å². The first kappa shape index (κ1) is 17.3. The lowest BCUT2D eigenvalue weighted by molar-refractivity contribution is 0.0956. The van der Waals surface area contributed by atoms with Gasteiger partial charge in [0, 0.05) is 43.3 Å². The summed E-state index contributed by atoms with van der Waals surface area (Å²) in [6.45, 7) is 4.46. The number of rotatable bonds is 5. The van der Waals surface area contributed by atoms with Crippen molar-refractivity contribution in [3.05, 3.63) is 42.2 Å². The molecular weight excluding hydrogens is 342 g/mol. The van der Waals surface area contributed by atoms with Crippen molar-refractivity contribution in [3.63, 3.8) is 0 Å². The number of amides is 1. The molecule has 27 heavy (non-hydrogen) atoms. The molecule has 140 valence electrons. The van der Waals surface area contributed by atoms with Gasteiger partial charge in [-0.25, -0.2) is 9.50 Å². The zero-order chi connectivity index (χ0) is 18.6. The molecule has 2 aromatic heterocycles. The number of carbonyl (C=O) groups is 1. The fourth-order valence-electron chi connectivity index (χ4n) is 3.23. The van der Waals surface area contributed by atoms with Crippen molar-refractivity contribution in [1.29, 1.82) is 0 Å². The minimum Gasteiger partial charge on any atom is -0.352 e. The summed E-state index contributed by atoms with van der Waals surface area (Å²) in [4.78, 5) is 23.2. The summed E-state index contributed by atoms with van der Waals surface area (Å²) in [5, 5.41) is 10.7.